The lowest BCUT2D eigenvalue weighted by Crippen LogP contribution is -2.31. The molecule has 3 unspecified atom stereocenters. The first-order valence-electron chi connectivity index (χ1n) is 6.61. The zero-order valence-electron chi connectivity index (χ0n) is 11.3. The van der Waals surface area contributed by atoms with Gasteiger partial charge in [-0.15, -0.1) is 0 Å². The molecule has 2 rings (SSSR count). The number of benzene rings is 1. The standard InChI is InChI=1S/C15H22OS2/c1-4-13-15(18-6-5-17-13)14(16)12-8-10(2)7-11(3)9-12/h7-9,13-16H,4-6H2,1-3H3. The normalized spacial score (nSPS) is 26.0. The van der Waals surface area contributed by atoms with Gasteiger partial charge in [-0.1, -0.05) is 36.2 Å². The number of aliphatic hydroxyl groups is 1. The number of rotatable bonds is 3. The predicted octanol–water partition coefficient (Wildman–Crippen LogP) is 3.96. The first-order valence-corrected chi connectivity index (χ1v) is 8.71. The summed E-state index contributed by atoms with van der Waals surface area (Å²) in [6.07, 6.45) is 0.816. The number of thioether (sulfide) groups is 2. The molecule has 1 aliphatic rings. The fourth-order valence-electron chi connectivity index (χ4n) is 2.60. The van der Waals surface area contributed by atoms with Gasteiger partial charge < -0.3 is 5.11 Å². The second-order valence-corrected chi connectivity index (χ2v) is 7.65. The molecule has 18 heavy (non-hydrogen) atoms. The Labute approximate surface area is 119 Å². The van der Waals surface area contributed by atoms with Gasteiger partial charge in [0, 0.05) is 22.0 Å². The van der Waals surface area contributed by atoms with Crippen LogP contribution < -0.4 is 0 Å². The van der Waals surface area contributed by atoms with Crippen molar-refractivity contribution < 1.29 is 5.11 Å². The molecule has 1 N–H and O–H groups in total. The van der Waals surface area contributed by atoms with Crippen LogP contribution in [-0.2, 0) is 0 Å². The Morgan fingerprint density at radius 2 is 1.78 bits per heavy atom. The largest absolute Gasteiger partial charge is 0.387 e. The van der Waals surface area contributed by atoms with Crippen molar-refractivity contribution in [2.45, 2.75) is 43.8 Å². The minimum absolute atomic E-state index is 0.327. The van der Waals surface area contributed by atoms with Gasteiger partial charge in [-0.2, -0.15) is 23.5 Å². The van der Waals surface area contributed by atoms with Crippen molar-refractivity contribution in [3.63, 3.8) is 0 Å². The van der Waals surface area contributed by atoms with E-state index in [1.807, 2.05) is 23.5 Å². The monoisotopic (exact) mass is 282 g/mol. The summed E-state index contributed by atoms with van der Waals surface area (Å²) in [5.74, 6) is 2.38. The molecule has 0 aliphatic carbocycles. The molecule has 3 atom stereocenters. The maximum Gasteiger partial charge on any atom is 0.0919 e. The van der Waals surface area contributed by atoms with Crippen LogP contribution in [-0.4, -0.2) is 27.1 Å². The summed E-state index contributed by atoms with van der Waals surface area (Å²) in [5, 5.41) is 11.6. The molecule has 1 nitrogen and oxygen atoms in total. The van der Waals surface area contributed by atoms with Crippen molar-refractivity contribution in [2.75, 3.05) is 11.5 Å². The maximum absolute atomic E-state index is 10.7. The van der Waals surface area contributed by atoms with Crippen LogP contribution in [0.2, 0.25) is 0 Å². The second-order valence-electron chi connectivity index (χ2n) is 5.02. The van der Waals surface area contributed by atoms with E-state index in [0.717, 1.165) is 17.7 Å². The van der Waals surface area contributed by atoms with E-state index in [-0.39, 0.29) is 6.10 Å². The molecular formula is C15H22OS2. The van der Waals surface area contributed by atoms with Crippen LogP contribution in [0.25, 0.3) is 0 Å². The zero-order chi connectivity index (χ0) is 13.1. The van der Waals surface area contributed by atoms with Crippen LogP contribution in [0.4, 0.5) is 0 Å². The van der Waals surface area contributed by atoms with Gasteiger partial charge in [-0.25, -0.2) is 0 Å². The van der Waals surface area contributed by atoms with Crippen molar-refractivity contribution in [1.29, 1.82) is 0 Å². The summed E-state index contributed by atoms with van der Waals surface area (Å²) in [7, 11) is 0. The van der Waals surface area contributed by atoms with Gasteiger partial charge in [0.15, 0.2) is 0 Å². The SMILES string of the molecule is CCC1SCCSC1C(O)c1cc(C)cc(C)c1. The summed E-state index contributed by atoms with van der Waals surface area (Å²) in [6, 6.07) is 6.42. The summed E-state index contributed by atoms with van der Waals surface area (Å²) in [4.78, 5) is 0. The van der Waals surface area contributed by atoms with E-state index in [1.54, 1.807) is 0 Å². The van der Waals surface area contributed by atoms with Gasteiger partial charge in [0.2, 0.25) is 0 Å². The van der Waals surface area contributed by atoms with E-state index in [2.05, 4.69) is 39.0 Å². The predicted molar refractivity (Wildman–Crippen MR) is 83.7 cm³/mol. The Morgan fingerprint density at radius 3 is 2.39 bits per heavy atom. The molecule has 1 aromatic rings. The van der Waals surface area contributed by atoms with Gasteiger partial charge in [-0.05, 0) is 25.8 Å². The Bertz CT molecular complexity index is 385. The molecule has 0 bridgehead atoms. The fourth-order valence-corrected chi connectivity index (χ4v) is 5.74. The zero-order valence-corrected chi connectivity index (χ0v) is 13.0. The molecule has 1 saturated heterocycles. The smallest absolute Gasteiger partial charge is 0.0919 e. The average molecular weight is 282 g/mol. The van der Waals surface area contributed by atoms with E-state index >= 15 is 0 Å². The van der Waals surface area contributed by atoms with E-state index in [0.29, 0.717) is 10.5 Å². The van der Waals surface area contributed by atoms with Crippen LogP contribution in [0.3, 0.4) is 0 Å². The van der Waals surface area contributed by atoms with Crippen molar-refractivity contribution in [1.82, 2.24) is 0 Å². The first kappa shape index (κ1) is 14.3. The van der Waals surface area contributed by atoms with Gasteiger partial charge >= 0.3 is 0 Å². The lowest BCUT2D eigenvalue weighted by Gasteiger charge is -2.33. The molecule has 1 aliphatic heterocycles. The summed E-state index contributed by atoms with van der Waals surface area (Å²) < 4.78 is 0. The van der Waals surface area contributed by atoms with Crippen LogP contribution in [0, 0.1) is 13.8 Å². The van der Waals surface area contributed by atoms with Crippen LogP contribution in [0.5, 0.6) is 0 Å². The first-order chi connectivity index (χ1) is 8.61. The summed E-state index contributed by atoms with van der Waals surface area (Å²) in [5.41, 5.74) is 3.57. The topological polar surface area (TPSA) is 20.2 Å². The number of aryl methyl sites for hydroxylation is 2. The third-order valence-electron chi connectivity index (χ3n) is 3.39. The van der Waals surface area contributed by atoms with E-state index in [9.17, 15) is 5.11 Å². The minimum atomic E-state index is -0.327. The Hall–Kier alpha value is -0.120. The van der Waals surface area contributed by atoms with E-state index in [4.69, 9.17) is 0 Å². The molecule has 0 aromatic heterocycles. The average Bonchev–Trinajstić information content (AvgIpc) is 2.36. The van der Waals surface area contributed by atoms with Crippen LogP contribution in [0.15, 0.2) is 18.2 Å². The van der Waals surface area contributed by atoms with E-state index < -0.39 is 0 Å². The molecule has 0 spiro atoms. The van der Waals surface area contributed by atoms with Gasteiger partial charge in [0.05, 0.1) is 6.10 Å². The van der Waals surface area contributed by atoms with Crippen molar-refractivity contribution in [2.24, 2.45) is 0 Å². The maximum atomic E-state index is 10.7. The second kappa shape index (κ2) is 6.36. The van der Waals surface area contributed by atoms with Crippen LogP contribution >= 0.6 is 23.5 Å². The number of aliphatic hydroxyl groups excluding tert-OH is 1. The third kappa shape index (κ3) is 3.25. The molecule has 3 heteroatoms. The Kier molecular flexibility index (Phi) is 5.05. The van der Waals surface area contributed by atoms with Crippen molar-refractivity contribution >= 4 is 23.5 Å². The lowest BCUT2D eigenvalue weighted by atomic mass is 9.99. The molecule has 0 amide bonds. The molecular weight excluding hydrogens is 260 g/mol. The van der Waals surface area contributed by atoms with Crippen molar-refractivity contribution in [3.8, 4) is 0 Å². The quantitative estimate of drug-likeness (QED) is 0.906. The lowest BCUT2D eigenvalue weighted by molar-refractivity contribution is 0.172. The highest BCUT2D eigenvalue weighted by Crippen LogP contribution is 2.40. The molecule has 1 fully saturated rings. The minimum Gasteiger partial charge on any atom is -0.387 e. The Morgan fingerprint density at radius 1 is 1.17 bits per heavy atom. The number of hydrogen-bond donors (Lipinski definition) is 1. The fraction of sp³-hybridized carbons (Fsp3) is 0.600. The van der Waals surface area contributed by atoms with Crippen LogP contribution in [0.1, 0.15) is 36.1 Å². The van der Waals surface area contributed by atoms with E-state index in [1.165, 1.54) is 16.9 Å². The number of hydrogen-bond acceptors (Lipinski definition) is 3. The molecule has 100 valence electrons. The third-order valence-corrected chi connectivity index (χ3v) is 6.73. The highest BCUT2D eigenvalue weighted by Gasteiger charge is 2.31. The highest BCUT2D eigenvalue weighted by atomic mass is 32.2. The Balaban J connectivity index is 2.20. The highest BCUT2D eigenvalue weighted by molar-refractivity contribution is 8.07. The van der Waals surface area contributed by atoms with Gasteiger partial charge in [-0.3, -0.25) is 0 Å². The van der Waals surface area contributed by atoms with Crippen molar-refractivity contribution in [3.05, 3.63) is 34.9 Å². The van der Waals surface area contributed by atoms with Gasteiger partial charge in [0.1, 0.15) is 0 Å². The van der Waals surface area contributed by atoms with Gasteiger partial charge in [0.25, 0.3) is 0 Å². The summed E-state index contributed by atoms with van der Waals surface area (Å²) in [6.45, 7) is 6.43. The molecule has 0 saturated carbocycles. The molecule has 0 radical (unpaired) electrons. The molecule has 1 heterocycles. The summed E-state index contributed by atoms with van der Waals surface area (Å²) >= 11 is 3.96. The molecule has 1 aromatic carbocycles.